The van der Waals surface area contributed by atoms with Crippen LogP contribution in [-0.4, -0.2) is 73.1 Å². The van der Waals surface area contributed by atoms with Gasteiger partial charge in [0.2, 0.25) is 12.1 Å². The predicted octanol–water partition coefficient (Wildman–Crippen LogP) is 4.47. The molecule has 5 rings (SSSR count). The molecule has 9 nitrogen and oxygen atoms in total. The number of amides is 1. The molecular weight excluding hydrogens is 518 g/mol. The molecule has 1 spiro atoms. The maximum atomic E-state index is 14.3. The van der Waals surface area contributed by atoms with Gasteiger partial charge in [0, 0.05) is 19.6 Å². The number of hydrogen-bond acceptors (Lipinski definition) is 7. The van der Waals surface area contributed by atoms with Gasteiger partial charge in [-0.05, 0) is 73.8 Å². The first kappa shape index (κ1) is 28.0. The monoisotopic (exact) mass is 553 g/mol. The number of carbonyl (C=O) groups excluding carboxylic acids is 1. The number of amidine groups is 1. The molecule has 1 unspecified atom stereocenters. The fourth-order valence-electron chi connectivity index (χ4n) is 5.85. The smallest absolute Gasteiger partial charge is 0.308 e. The molecular formula is C32H35N5O4. The standard InChI is InChI=1S/C32H35N5O4/c1-35-29(25-11-15-27(40-3)16-12-25)37(20-17-24-9-13-26(39-2)14-10-24)30(38)32(35)18-21-36(22-19-32)31(34-23-33)41-28-7-5-4-6-8-28/h4-16,29H,17-22H2,1-3H3. The van der Waals surface area contributed by atoms with Crippen LogP contribution in [-0.2, 0) is 11.2 Å². The Labute approximate surface area is 241 Å². The van der Waals surface area contributed by atoms with Crippen LogP contribution < -0.4 is 14.2 Å². The van der Waals surface area contributed by atoms with Crippen molar-refractivity contribution >= 4 is 11.9 Å². The van der Waals surface area contributed by atoms with Gasteiger partial charge in [-0.2, -0.15) is 5.26 Å². The highest BCUT2D eigenvalue weighted by atomic mass is 16.5. The van der Waals surface area contributed by atoms with Crippen LogP contribution in [0.1, 0.15) is 30.1 Å². The summed E-state index contributed by atoms with van der Waals surface area (Å²) in [4.78, 5) is 24.5. The van der Waals surface area contributed by atoms with Gasteiger partial charge in [0.05, 0.1) is 14.2 Å². The van der Waals surface area contributed by atoms with E-state index in [1.165, 1.54) is 0 Å². The number of aliphatic imine (C=N–C) groups is 1. The Bertz CT molecular complexity index is 1390. The van der Waals surface area contributed by atoms with Crippen LogP contribution in [0.15, 0.2) is 83.9 Å². The second kappa shape index (κ2) is 12.3. The summed E-state index contributed by atoms with van der Waals surface area (Å²) in [5.41, 5.74) is 1.50. The fourth-order valence-corrected chi connectivity index (χ4v) is 5.85. The van der Waals surface area contributed by atoms with E-state index in [9.17, 15) is 10.1 Å². The summed E-state index contributed by atoms with van der Waals surface area (Å²) in [6.07, 6.45) is 3.53. The minimum Gasteiger partial charge on any atom is -0.497 e. The first-order chi connectivity index (χ1) is 20.0. The van der Waals surface area contributed by atoms with Crippen LogP contribution in [0.25, 0.3) is 0 Å². The summed E-state index contributed by atoms with van der Waals surface area (Å²) in [6, 6.07) is 25.5. The number of hydrogen-bond donors (Lipinski definition) is 0. The Morgan fingerprint density at radius 2 is 1.54 bits per heavy atom. The normalized spacial score (nSPS) is 18.8. The Balaban J connectivity index is 1.38. The van der Waals surface area contributed by atoms with Crippen LogP contribution in [0.2, 0.25) is 0 Å². The van der Waals surface area contributed by atoms with Gasteiger partial charge in [-0.25, -0.2) is 0 Å². The van der Waals surface area contributed by atoms with Crippen LogP contribution in [0.4, 0.5) is 0 Å². The highest BCUT2D eigenvalue weighted by molar-refractivity contribution is 5.90. The van der Waals surface area contributed by atoms with Crippen molar-refractivity contribution in [1.29, 1.82) is 5.26 Å². The van der Waals surface area contributed by atoms with Gasteiger partial charge in [0.15, 0.2) is 0 Å². The number of methoxy groups -OCH3 is 2. The molecule has 0 radical (unpaired) electrons. The average Bonchev–Trinajstić information content (AvgIpc) is 3.22. The van der Waals surface area contributed by atoms with E-state index in [0.29, 0.717) is 38.2 Å². The fraction of sp³-hybridized carbons (Fsp3) is 0.344. The third kappa shape index (κ3) is 5.70. The van der Waals surface area contributed by atoms with Crippen molar-refractivity contribution in [3.05, 3.63) is 90.0 Å². The van der Waals surface area contributed by atoms with E-state index < -0.39 is 5.54 Å². The number of nitriles is 1. The van der Waals surface area contributed by atoms with Gasteiger partial charge < -0.3 is 24.0 Å². The van der Waals surface area contributed by atoms with Crippen molar-refractivity contribution < 1.29 is 19.0 Å². The Hall–Kier alpha value is -4.55. The third-order valence-corrected chi connectivity index (χ3v) is 8.17. The lowest BCUT2D eigenvalue weighted by Crippen LogP contribution is -2.56. The summed E-state index contributed by atoms with van der Waals surface area (Å²) >= 11 is 0. The van der Waals surface area contributed by atoms with E-state index in [4.69, 9.17) is 14.2 Å². The highest BCUT2D eigenvalue weighted by Gasteiger charge is 2.57. The predicted molar refractivity (Wildman–Crippen MR) is 156 cm³/mol. The number of rotatable bonds is 7. The lowest BCUT2D eigenvalue weighted by Gasteiger charge is -2.42. The number of carbonyl (C=O) groups is 1. The molecule has 2 heterocycles. The quantitative estimate of drug-likeness (QED) is 0.242. The number of likely N-dealkylation sites (tertiary alicyclic amines) is 1. The Kier molecular flexibility index (Phi) is 8.41. The molecule has 0 bridgehead atoms. The van der Waals surface area contributed by atoms with Crippen molar-refractivity contribution in [2.24, 2.45) is 4.99 Å². The van der Waals surface area contributed by atoms with E-state index in [1.807, 2.05) is 102 Å². The zero-order chi connectivity index (χ0) is 28.8. The van der Waals surface area contributed by atoms with E-state index in [1.54, 1.807) is 14.2 Å². The van der Waals surface area contributed by atoms with Crippen LogP contribution in [0, 0.1) is 11.5 Å². The molecule has 2 aliphatic rings. The van der Waals surface area contributed by atoms with Crippen LogP contribution >= 0.6 is 0 Å². The minimum atomic E-state index is -0.675. The topological polar surface area (TPSA) is 90.6 Å². The lowest BCUT2D eigenvalue weighted by atomic mass is 9.86. The van der Waals surface area contributed by atoms with E-state index >= 15 is 0 Å². The molecule has 0 aromatic heterocycles. The summed E-state index contributed by atoms with van der Waals surface area (Å²) in [5.74, 6) is 2.32. The number of benzene rings is 3. The van der Waals surface area contributed by atoms with Crippen molar-refractivity contribution in [3.8, 4) is 23.4 Å². The van der Waals surface area contributed by atoms with Gasteiger partial charge in [-0.3, -0.25) is 9.69 Å². The number of ether oxygens (including phenoxy) is 3. The summed E-state index contributed by atoms with van der Waals surface area (Å²) < 4.78 is 16.6. The molecule has 2 aliphatic heterocycles. The van der Waals surface area contributed by atoms with E-state index in [-0.39, 0.29) is 18.1 Å². The molecule has 0 N–H and O–H groups in total. The number of para-hydroxylation sites is 1. The van der Waals surface area contributed by atoms with Crippen molar-refractivity contribution in [1.82, 2.24) is 14.7 Å². The van der Waals surface area contributed by atoms with Gasteiger partial charge in [0.1, 0.15) is 29.0 Å². The lowest BCUT2D eigenvalue weighted by molar-refractivity contribution is -0.135. The van der Waals surface area contributed by atoms with Crippen molar-refractivity contribution in [2.75, 3.05) is 40.9 Å². The maximum absolute atomic E-state index is 14.3. The highest BCUT2D eigenvalue weighted by Crippen LogP contribution is 2.45. The second-order valence-electron chi connectivity index (χ2n) is 10.3. The van der Waals surface area contributed by atoms with Gasteiger partial charge in [-0.1, -0.05) is 42.5 Å². The molecule has 0 saturated carbocycles. The SMILES string of the molecule is COc1ccc(CCN2C(=O)C3(CCN(C(=NC#N)Oc4ccccc4)CC3)N(C)C2c2ccc(OC)cc2)cc1. The molecule has 3 aromatic rings. The molecule has 1 amide bonds. The summed E-state index contributed by atoms with van der Waals surface area (Å²) in [5, 5.41) is 9.32. The van der Waals surface area contributed by atoms with Gasteiger partial charge in [-0.15, -0.1) is 4.99 Å². The zero-order valence-electron chi connectivity index (χ0n) is 23.7. The molecule has 2 saturated heterocycles. The van der Waals surface area contributed by atoms with Crippen molar-refractivity contribution in [2.45, 2.75) is 31.0 Å². The van der Waals surface area contributed by atoms with E-state index in [0.717, 1.165) is 29.0 Å². The van der Waals surface area contributed by atoms with E-state index in [2.05, 4.69) is 9.89 Å². The van der Waals surface area contributed by atoms with Gasteiger partial charge in [0.25, 0.3) is 0 Å². The number of piperidine rings is 1. The molecule has 41 heavy (non-hydrogen) atoms. The zero-order valence-corrected chi connectivity index (χ0v) is 23.7. The van der Waals surface area contributed by atoms with Crippen molar-refractivity contribution in [3.63, 3.8) is 0 Å². The molecule has 1 atom stereocenters. The number of likely N-dealkylation sites (N-methyl/N-ethyl adjacent to an activating group) is 1. The van der Waals surface area contributed by atoms with Crippen LogP contribution in [0.3, 0.4) is 0 Å². The molecule has 2 fully saturated rings. The average molecular weight is 554 g/mol. The molecule has 212 valence electrons. The van der Waals surface area contributed by atoms with Crippen LogP contribution in [0.5, 0.6) is 17.2 Å². The third-order valence-electron chi connectivity index (χ3n) is 8.17. The molecule has 0 aliphatic carbocycles. The first-order valence-electron chi connectivity index (χ1n) is 13.7. The maximum Gasteiger partial charge on any atom is 0.308 e. The second-order valence-corrected chi connectivity index (χ2v) is 10.3. The largest absolute Gasteiger partial charge is 0.497 e. The first-order valence-corrected chi connectivity index (χ1v) is 13.7. The molecule has 3 aromatic carbocycles. The Morgan fingerprint density at radius 3 is 2.12 bits per heavy atom. The van der Waals surface area contributed by atoms with Gasteiger partial charge >= 0.3 is 6.02 Å². The summed E-state index contributed by atoms with van der Waals surface area (Å²) in [7, 11) is 5.34. The number of nitrogens with zero attached hydrogens (tertiary/aromatic N) is 5. The Morgan fingerprint density at radius 1 is 0.927 bits per heavy atom. The summed E-state index contributed by atoms with van der Waals surface area (Å²) in [6.45, 7) is 1.64. The molecule has 9 heteroatoms. The minimum absolute atomic E-state index is 0.122.